The molecule has 0 bridgehead atoms. The number of carboxylic acids is 1. The van der Waals surface area contributed by atoms with Crippen LogP contribution in [0.2, 0.25) is 0 Å². The molecule has 1 N–H and O–H groups in total. The number of hydrogen-bond acceptors (Lipinski definition) is 2. The molecule has 0 saturated heterocycles. The maximum absolute atomic E-state index is 11.2. The van der Waals surface area contributed by atoms with Gasteiger partial charge >= 0.3 is 5.97 Å². The van der Waals surface area contributed by atoms with E-state index in [0.29, 0.717) is 6.42 Å². The number of carbonyl (C=O) groups is 1. The number of aryl methyl sites for hydroxylation is 1. The van der Waals surface area contributed by atoms with E-state index in [4.69, 9.17) is 9.84 Å². The van der Waals surface area contributed by atoms with Crippen molar-refractivity contribution >= 4 is 5.97 Å². The van der Waals surface area contributed by atoms with Gasteiger partial charge in [0.05, 0.1) is 18.9 Å². The molecular formula is C18H22O3. The van der Waals surface area contributed by atoms with E-state index in [1.165, 1.54) is 13.4 Å². The van der Waals surface area contributed by atoms with Gasteiger partial charge in [-0.05, 0) is 51.0 Å². The van der Waals surface area contributed by atoms with Crippen molar-refractivity contribution in [3.63, 3.8) is 0 Å². The van der Waals surface area contributed by atoms with Crippen LogP contribution >= 0.6 is 0 Å². The van der Waals surface area contributed by atoms with Crippen LogP contribution in [-0.4, -0.2) is 18.2 Å². The van der Waals surface area contributed by atoms with Crippen molar-refractivity contribution in [1.82, 2.24) is 0 Å². The summed E-state index contributed by atoms with van der Waals surface area (Å²) in [5, 5.41) is 9.16. The molecule has 3 heteroatoms. The van der Waals surface area contributed by atoms with Crippen LogP contribution in [0.5, 0.6) is 0 Å². The Morgan fingerprint density at radius 2 is 2.05 bits per heavy atom. The summed E-state index contributed by atoms with van der Waals surface area (Å²) >= 11 is 0. The van der Waals surface area contributed by atoms with E-state index in [9.17, 15) is 4.79 Å². The Bertz CT molecular complexity index is 608. The normalized spacial score (nSPS) is 11.6. The summed E-state index contributed by atoms with van der Waals surface area (Å²) in [6.07, 6.45) is 1.59. The number of ether oxygens (including phenoxy) is 1. The van der Waals surface area contributed by atoms with Crippen LogP contribution in [0, 0.1) is 24.2 Å². The van der Waals surface area contributed by atoms with E-state index in [0.717, 1.165) is 16.7 Å². The van der Waals surface area contributed by atoms with E-state index in [-0.39, 0.29) is 11.0 Å². The number of hydrogen-bond donors (Lipinski definition) is 1. The highest BCUT2D eigenvalue weighted by atomic mass is 16.5. The van der Waals surface area contributed by atoms with Crippen LogP contribution in [0.15, 0.2) is 30.0 Å². The highest BCUT2D eigenvalue weighted by Gasteiger charge is 2.11. The maximum atomic E-state index is 11.2. The summed E-state index contributed by atoms with van der Waals surface area (Å²) in [6.45, 7) is 8.12. The first-order valence-electron chi connectivity index (χ1n) is 6.81. The standard InChI is InChI=1S/C18H22O3/c1-13-6-7-14(8-9-18(2,3)4)10-15(13)11-16(12-21-5)17(19)20/h6-7,10,12H,11H2,1-5H3,(H,19,20)/b16-12+. The van der Waals surface area contributed by atoms with Gasteiger partial charge in [0, 0.05) is 17.4 Å². The zero-order valence-corrected chi connectivity index (χ0v) is 13.3. The lowest BCUT2D eigenvalue weighted by Gasteiger charge is -2.09. The third-order valence-corrected chi connectivity index (χ3v) is 2.85. The Morgan fingerprint density at radius 1 is 1.38 bits per heavy atom. The van der Waals surface area contributed by atoms with Crippen molar-refractivity contribution in [2.24, 2.45) is 5.41 Å². The van der Waals surface area contributed by atoms with Crippen molar-refractivity contribution in [2.45, 2.75) is 34.1 Å². The molecule has 0 atom stereocenters. The van der Waals surface area contributed by atoms with Gasteiger partial charge in [0.25, 0.3) is 0 Å². The molecule has 0 saturated carbocycles. The molecule has 3 nitrogen and oxygen atoms in total. The number of methoxy groups -OCH3 is 1. The van der Waals surface area contributed by atoms with Gasteiger partial charge in [0.2, 0.25) is 0 Å². The Kier molecular flexibility index (Phi) is 5.60. The molecule has 112 valence electrons. The monoisotopic (exact) mass is 286 g/mol. The minimum absolute atomic E-state index is 0.0623. The Labute approximate surface area is 126 Å². The highest BCUT2D eigenvalue weighted by molar-refractivity contribution is 5.86. The van der Waals surface area contributed by atoms with Crippen molar-refractivity contribution in [1.29, 1.82) is 0 Å². The van der Waals surface area contributed by atoms with Crippen molar-refractivity contribution in [3.05, 3.63) is 46.7 Å². The molecule has 21 heavy (non-hydrogen) atoms. The van der Waals surface area contributed by atoms with Crippen LogP contribution in [0.1, 0.15) is 37.5 Å². The number of aliphatic carboxylic acids is 1. The third kappa shape index (κ3) is 5.74. The first-order chi connectivity index (χ1) is 9.73. The summed E-state index contributed by atoms with van der Waals surface area (Å²) in [4.78, 5) is 11.2. The number of carboxylic acid groups (broad SMARTS) is 1. The molecular weight excluding hydrogens is 264 g/mol. The molecule has 0 radical (unpaired) electrons. The summed E-state index contributed by atoms with van der Waals surface area (Å²) in [5.41, 5.74) is 3.04. The lowest BCUT2D eigenvalue weighted by atomic mass is 9.95. The first kappa shape index (κ1) is 16.8. The van der Waals surface area contributed by atoms with Gasteiger partial charge in [0.15, 0.2) is 0 Å². The summed E-state index contributed by atoms with van der Waals surface area (Å²) in [5.74, 6) is 5.35. The van der Waals surface area contributed by atoms with Gasteiger partial charge in [-0.25, -0.2) is 4.79 Å². The van der Waals surface area contributed by atoms with Crippen LogP contribution in [0.25, 0.3) is 0 Å². The fourth-order valence-corrected chi connectivity index (χ4v) is 1.71. The van der Waals surface area contributed by atoms with Crippen LogP contribution in [-0.2, 0) is 16.0 Å². The average molecular weight is 286 g/mol. The molecule has 0 heterocycles. The van der Waals surface area contributed by atoms with Gasteiger partial charge in [-0.1, -0.05) is 17.9 Å². The summed E-state index contributed by atoms with van der Waals surface area (Å²) < 4.78 is 4.83. The van der Waals surface area contributed by atoms with Gasteiger partial charge in [-0.2, -0.15) is 0 Å². The highest BCUT2D eigenvalue weighted by Crippen LogP contribution is 2.17. The fourth-order valence-electron chi connectivity index (χ4n) is 1.71. The molecule has 0 spiro atoms. The molecule has 1 rings (SSSR count). The van der Waals surface area contributed by atoms with Crippen molar-refractivity contribution < 1.29 is 14.6 Å². The van der Waals surface area contributed by atoms with Gasteiger partial charge in [-0.15, -0.1) is 0 Å². The third-order valence-electron chi connectivity index (χ3n) is 2.85. The Balaban J connectivity index is 3.10. The van der Waals surface area contributed by atoms with E-state index in [1.807, 2.05) is 25.1 Å². The molecule has 1 aromatic carbocycles. The summed E-state index contributed by atoms with van der Waals surface area (Å²) in [7, 11) is 1.45. The topological polar surface area (TPSA) is 46.5 Å². The van der Waals surface area contributed by atoms with Crippen LogP contribution < -0.4 is 0 Å². The molecule has 0 fully saturated rings. The molecule has 0 amide bonds. The van der Waals surface area contributed by atoms with Gasteiger partial charge in [0.1, 0.15) is 0 Å². The van der Waals surface area contributed by atoms with Crippen LogP contribution in [0.3, 0.4) is 0 Å². The lowest BCUT2D eigenvalue weighted by Crippen LogP contribution is -2.06. The van der Waals surface area contributed by atoms with Gasteiger partial charge < -0.3 is 9.84 Å². The molecule has 0 aliphatic carbocycles. The summed E-state index contributed by atoms with van der Waals surface area (Å²) in [6, 6.07) is 5.87. The lowest BCUT2D eigenvalue weighted by molar-refractivity contribution is -0.132. The second kappa shape index (κ2) is 6.99. The molecule has 0 aliphatic heterocycles. The fraction of sp³-hybridized carbons (Fsp3) is 0.389. The predicted molar refractivity (Wildman–Crippen MR) is 83.9 cm³/mol. The second-order valence-electron chi connectivity index (χ2n) is 6.00. The predicted octanol–water partition coefficient (Wildman–Crippen LogP) is 3.55. The van der Waals surface area contributed by atoms with Crippen molar-refractivity contribution in [2.75, 3.05) is 7.11 Å². The molecule has 0 aromatic heterocycles. The number of benzene rings is 1. The minimum atomic E-state index is -0.970. The SMILES string of the molecule is CO/C=C(\Cc1cc(C#CC(C)(C)C)ccc1C)C(=O)O. The maximum Gasteiger partial charge on any atom is 0.335 e. The zero-order chi connectivity index (χ0) is 16.0. The average Bonchev–Trinajstić information content (AvgIpc) is 2.37. The smallest absolute Gasteiger partial charge is 0.335 e. The van der Waals surface area contributed by atoms with Crippen LogP contribution in [0.4, 0.5) is 0 Å². The van der Waals surface area contributed by atoms with E-state index < -0.39 is 5.97 Å². The first-order valence-corrected chi connectivity index (χ1v) is 6.81. The van der Waals surface area contributed by atoms with E-state index in [1.54, 1.807) is 0 Å². The van der Waals surface area contributed by atoms with Gasteiger partial charge in [-0.3, -0.25) is 0 Å². The van der Waals surface area contributed by atoms with E-state index >= 15 is 0 Å². The quantitative estimate of drug-likeness (QED) is 0.523. The minimum Gasteiger partial charge on any atom is -0.504 e. The second-order valence-corrected chi connectivity index (χ2v) is 6.00. The molecule has 0 unspecified atom stereocenters. The van der Waals surface area contributed by atoms with Crippen molar-refractivity contribution in [3.8, 4) is 11.8 Å². The Morgan fingerprint density at radius 3 is 2.57 bits per heavy atom. The largest absolute Gasteiger partial charge is 0.504 e. The molecule has 1 aromatic rings. The Hall–Kier alpha value is -2.21. The zero-order valence-electron chi connectivity index (χ0n) is 13.3. The van der Waals surface area contributed by atoms with E-state index in [2.05, 4.69) is 32.6 Å². The number of rotatable bonds is 4. The molecule has 0 aliphatic rings.